The largest absolute Gasteiger partial charge is 0.494 e. The van der Waals surface area contributed by atoms with Crippen molar-refractivity contribution in [2.45, 2.75) is 19.4 Å². The van der Waals surface area contributed by atoms with E-state index in [1.54, 1.807) is 6.07 Å². The third kappa shape index (κ3) is 2.33. The quantitative estimate of drug-likeness (QED) is 0.902. The first-order chi connectivity index (χ1) is 8.65. The van der Waals surface area contributed by atoms with Gasteiger partial charge in [0.2, 0.25) is 11.7 Å². The smallest absolute Gasteiger partial charge is 0.243 e. The fourth-order valence-corrected chi connectivity index (χ4v) is 1.48. The van der Waals surface area contributed by atoms with E-state index in [9.17, 15) is 4.39 Å². The van der Waals surface area contributed by atoms with Crippen LogP contribution >= 0.6 is 0 Å². The van der Waals surface area contributed by atoms with Crippen molar-refractivity contribution in [3.63, 3.8) is 0 Å². The number of nitrogens with zero attached hydrogens (tertiary/aromatic N) is 2. The summed E-state index contributed by atoms with van der Waals surface area (Å²) >= 11 is 0. The second-order valence-corrected chi connectivity index (χ2v) is 3.82. The van der Waals surface area contributed by atoms with Crippen molar-refractivity contribution < 1.29 is 13.7 Å². The normalized spacial score (nSPS) is 12.4. The predicted molar refractivity (Wildman–Crippen MR) is 63.5 cm³/mol. The molecule has 0 fully saturated rings. The molecule has 6 heteroatoms. The molecule has 1 atom stereocenters. The Morgan fingerprint density at radius 3 is 2.94 bits per heavy atom. The van der Waals surface area contributed by atoms with Crippen LogP contribution in [0, 0.1) is 5.82 Å². The fraction of sp³-hybridized carbons (Fsp3) is 0.333. The maximum absolute atomic E-state index is 13.3. The topological polar surface area (TPSA) is 74.2 Å². The summed E-state index contributed by atoms with van der Waals surface area (Å²) in [5, 5.41) is 3.82. The van der Waals surface area contributed by atoms with Crippen LogP contribution in [0.15, 0.2) is 22.7 Å². The molecule has 0 spiro atoms. The van der Waals surface area contributed by atoms with Gasteiger partial charge in [-0.3, -0.25) is 0 Å². The van der Waals surface area contributed by atoms with Crippen LogP contribution in [0.3, 0.4) is 0 Å². The van der Waals surface area contributed by atoms with Crippen LogP contribution in [0.2, 0.25) is 0 Å². The number of ether oxygens (including phenoxy) is 1. The molecule has 0 amide bonds. The number of methoxy groups -OCH3 is 1. The molecule has 0 aliphatic heterocycles. The van der Waals surface area contributed by atoms with Gasteiger partial charge in [0, 0.05) is 5.56 Å². The van der Waals surface area contributed by atoms with Gasteiger partial charge in [-0.25, -0.2) is 4.39 Å². The van der Waals surface area contributed by atoms with Gasteiger partial charge in [-0.2, -0.15) is 4.98 Å². The van der Waals surface area contributed by atoms with E-state index in [0.29, 0.717) is 23.7 Å². The van der Waals surface area contributed by atoms with E-state index < -0.39 is 5.82 Å². The maximum atomic E-state index is 13.3. The first-order valence-corrected chi connectivity index (χ1v) is 5.58. The summed E-state index contributed by atoms with van der Waals surface area (Å²) in [7, 11) is 1.40. The zero-order valence-electron chi connectivity index (χ0n) is 10.2. The summed E-state index contributed by atoms with van der Waals surface area (Å²) in [6.07, 6.45) is 0.703. The molecular formula is C12H14FN3O2. The summed E-state index contributed by atoms with van der Waals surface area (Å²) in [6.45, 7) is 1.93. The highest BCUT2D eigenvalue weighted by atomic mass is 19.1. The average molecular weight is 251 g/mol. The molecule has 0 saturated carbocycles. The highest BCUT2D eigenvalue weighted by Gasteiger charge is 2.15. The van der Waals surface area contributed by atoms with Crippen molar-refractivity contribution in [3.05, 3.63) is 29.9 Å². The third-order valence-corrected chi connectivity index (χ3v) is 2.61. The van der Waals surface area contributed by atoms with Crippen LogP contribution in [-0.4, -0.2) is 17.3 Å². The Morgan fingerprint density at radius 2 is 2.28 bits per heavy atom. The molecule has 0 aliphatic rings. The van der Waals surface area contributed by atoms with E-state index in [0.717, 1.165) is 0 Å². The minimum absolute atomic E-state index is 0.138. The van der Waals surface area contributed by atoms with Crippen LogP contribution in [0.4, 0.5) is 4.39 Å². The lowest BCUT2D eigenvalue weighted by Crippen LogP contribution is -2.08. The molecule has 1 aromatic carbocycles. The second-order valence-electron chi connectivity index (χ2n) is 3.82. The molecule has 1 unspecified atom stereocenters. The van der Waals surface area contributed by atoms with Gasteiger partial charge in [-0.1, -0.05) is 12.1 Å². The number of nitrogens with two attached hydrogens (primary N) is 1. The van der Waals surface area contributed by atoms with Gasteiger partial charge in [0.05, 0.1) is 13.2 Å². The second kappa shape index (κ2) is 5.14. The molecule has 2 N–H and O–H groups in total. The molecule has 96 valence electrons. The van der Waals surface area contributed by atoms with E-state index >= 15 is 0 Å². The van der Waals surface area contributed by atoms with Crippen LogP contribution in [-0.2, 0) is 0 Å². The standard InChI is InChI=1S/C12H14FN3O2/c1-3-9(14)12-15-11(16-18-12)7-4-5-8(13)10(6-7)17-2/h4-6,9H,3,14H2,1-2H3. The number of aromatic nitrogens is 2. The van der Waals surface area contributed by atoms with Crippen molar-refractivity contribution in [1.29, 1.82) is 0 Å². The predicted octanol–water partition coefficient (Wildman–Crippen LogP) is 2.29. The SMILES string of the molecule is CCC(N)c1nc(-c2ccc(F)c(OC)c2)no1. The van der Waals surface area contributed by atoms with Crippen molar-refractivity contribution in [2.75, 3.05) is 7.11 Å². The van der Waals surface area contributed by atoms with Gasteiger partial charge >= 0.3 is 0 Å². The molecule has 0 saturated heterocycles. The van der Waals surface area contributed by atoms with Crippen LogP contribution in [0.1, 0.15) is 25.3 Å². The highest BCUT2D eigenvalue weighted by Crippen LogP contribution is 2.25. The molecule has 1 heterocycles. The molecular weight excluding hydrogens is 237 g/mol. The lowest BCUT2D eigenvalue weighted by Gasteiger charge is -2.02. The summed E-state index contributed by atoms with van der Waals surface area (Å²) in [5.74, 6) is 0.442. The van der Waals surface area contributed by atoms with Gasteiger partial charge in [-0.15, -0.1) is 0 Å². The summed E-state index contributed by atoms with van der Waals surface area (Å²) < 4.78 is 23.2. The van der Waals surface area contributed by atoms with Gasteiger partial charge in [0.25, 0.3) is 0 Å². The van der Waals surface area contributed by atoms with Crippen LogP contribution in [0.25, 0.3) is 11.4 Å². The highest BCUT2D eigenvalue weighted by molar-refractivity contribution is 5.57. The van der Waals surface area contributed by atoms with E-state index in [2.05, 4.69) is 10.1 Å². The molecule has 18 heavy (non-hydrogen) atoms. The average Bonchev–Trinajstić information content (AvgIpc) is 2.88. The number of benzene rings is 1. The zero-order chi connectivity index (χ0) is 13.1. The van der Waals surface area contributed by atoms with Gasteiger partial charge in [-0.05, 0) is 24.6 Å². The van der Waals surface area contributed by atoms with E-state index in [4.69, 9.17) is 15.0 Å². The fourth-order valence-electron chi connectivity index (χ4n) is 1.48. The number of hydrogen-bond acceptors (Lipinski definition) is 5. The Kier molecular flexibility index (Phi) is 3.57. The molecule has 1 aromatic heterocycles. The summed E-state index contributed by atoms with van der Waals surface area (Å²) in [5.41, 5.74) is 6.40. The Hall–Kier alpha value is -1.95. The van der Waals surface area contributed by atoms with E-state index in [1.807, 2.05) is 6.92 Å². The van der Waals surface area contributed by atoms with Crippen molar-refractivity contribution >= 4 is 0 Å². The zero-order valence-corrected chi connectivity index (χ0v) is 10.2. The van der Waals surface area contributed by atoms with E-state index in [1.165, 1.54) is 19.2 Å². The first kappa shape index (κ1) is 12.5. The van der Waals surface area contributed by atoms with E-state index in [-0.39, 0.29) is 11.8 Å². The molecule has 5 nitrogen and oxygen atoms in total. The monoisotopic (exact) mass is 251 g/mol. The lowest BCUT2D eigenvalue weighted by molar-refractivity contribution is 0.352. The molecule has 2 rings (SSSR count). The van der Waals surface area contributed by atoms with Crippen molar-refractivity contribution in [2.24, 2.45) is 5.73 Å². The Balaban J connectivity index is 2.34. The molecule has 2 aromatic rings. The van der Waals surface area contributed by atoms with Crippen molar-refractivity contribution in [3.8, 4) is 17.1 Å². The first-order valence-electron chi connectivity index (χ1n) is 5.58. The lowest BCUT2D eigenvalue weighted by atomic mass is 10.2. The summed E-state index contributed by atoms with van der Waals surface area (Å²) in [6, 6.07) is 4.09. The molecule has 0 aliphatic carbocycles. The Bertz CT molecular complexity index is 542. The third-order valence-electron chi connectivity index (χ3n) is 2.61. The number of halogens is 1. The van der Waals surface area contributed by atoms with Crippen LogP contribution < -0.4 is 10.5 Å². The van der Waals surface area contributed by atoms with Gasteiger partial charge in [0.15, 0.2) is 11.6 Å². The minimum atomic E-state index is -0.435. The van der Waals surface area contributed by atoms with Gasteiger partial charge in [0.1, 0.15) is 0 Å². The maximum Gasteiger partial charge on any atom is 0.243 e. The number of hydrogen-bond donors (Lipinski definition) is 1. The Morgan fingerprint density at radius 1 is 1.50 bits per heavy atom. The minimum Gasteiger partial charge on any atom is -0.494 e. The Labute approximate surface area is 104 Å². The van der Waals surface area contributed by atoms with Gasteiger partial charge < -0.3 is 15.0 Å². The van der Waals surface area contributed by atoms with Crippen LogP contribution in [0.5, 0.6) is 5.75 Å². The molecule has 0 radical (unpaired) electrons. The summed E-state index contributed by atoms with van der Waals surface area (Å²) in [4.78, 5) is 4.18. The number of rotatable bonds is 4. The van der Waals surface area contributed by atoms with Crippen molar-refractivity contribution in [1.82, 2.24) is 10.1 Å². The molecule has 0 bridgehead atoms.